The Morgan fingerprint density at radius 1 is 0.671 bits per heavy atom. The number of nitriles is 1. The molecule has 2 atom stereocenters. The topological polar surface area (TPSA) is 221 Å². The summed E-state index contributed by atoms with van der Waals surface area (Å²) < 4.78 is 25.5. The fourth-order valence-corrected chi connectivity index (χ4v) is 8.89. The Labute approximate surface area is 417 Å². The first-order valence-electron chi connectivity index (χ1n) is 23.1. The fourth-order valence-electron chi connectivity index (χ4n) is 8.41. The van der Waals surface area contributed by atoms with Crippen LogP contribution in [-0.2, 0) is 49.1 Å². The van der Waals surface area contributed by atoms with Gasteiger partial charge < -0.3 is 46.5 Å². The van der Waals surface area contributed by atoms with E-state index < -0.39 is 23.9 Å². The highest BCUT2D eigenvalue weighted by Crippen LogP contribution is 2.39. The molecule has 2 fully saturated rings. The third kappa shape index (κ3) is 12.4. The van der Waals surface area contributed by atoms with Crippen LogP contribution in [0.2, 0.25) is 10.0 Å². The van der Waals surface area contributed by atoms with Crippen LogP contribution in [0.5, 0.6) is 23.0 Å². The van der Waals surface area contributed by atoms with E-state index in [1.807, 2.05) is 30.3 Å². The minimum atomic E-state index is -0.465. The van der Waals surface area contributed by atoms with E-state index in [-0.39, 0.29) is 44.8 Å². The third-order valence-corrected chi connectivity index (χ3v) is 13.3. The number of primary amides is 2. The molecule has 14 nitrogen and oxygen atoms in total. The van der Waals surface area contributed by atoms with Crippen LogP contribution in [0.15, 0.2) is 97.6 Å². The van der Waals surface area contributed by atoms with Crippen LogP contribution in [0.1, 0.15) is 81.3 Å². The van der Waals surface area contributed by atoms with Gasteiger partial charge in [-0.25, -0.2) is 0 Å². The first-order valence-corrected chi connectivity index (χ1v) is 23.8. The van der Waals surface area contributed by atoms with Crippen molar-refractivity contribution in [3.05, 3.63) is 163 Å². The Balaban J connectivity index is 0.986. The standard InChI is InChI=1S/C54H54Cl2N8O6/c1-31-39(29-69-49-17-47(67-27-35-13-33(19-57)21-61-23-35)41(15-45(49)55)25-63-51(53(59)65)37-9-10-37)5-3-7-43(31)44-8-4-6-40(32(44)2)30-70-50-18-48(68-28-36-14-34(20-58)22-62-24-36)42(16-46(50)56)26-64-52(54(60)66)38-11-12-38/h3-8,13-19,21-24,37-38,51-52,57,63-64H,9-12,25-30H2,1-2H3,(H2,59,65)(H2,60,66)/t51-,52-/m0/s1. The van der Waals surface area contributed by atoms with Gasteiger partial charge in [-0.2, -0.15) is 5.26 Å². The predicted molar refractivity (Wildman–Crippen MR) is 268 cm³/mol. The second-order valence-corrected chi connectivity index (χ2v) is 18.6. The zero-order valence-corrected chi connectivity index (χ0v) is 40.4. The number of hydrogen-bond donors (Lipinski definition) is 5. The lowest BCUT2D eigenvalue weighted by molar-refractivity contribution is -0.121. The Bertz CT molecular complexity index is 2950. The summed E-state index contributed by atoms with van der Waals surface area (Å²) in [6.07, 6.45) is 11.4. The van der Waals surface area contributed by atoms with Gasteiger partial charge in [0.05, 0.1) is 27.7 Å². The monoisotopic (exact) mass is 980 g/mol. The molecule has 2 heterocycles. The molecule has 70 heavy (non-hydrogen) atoms. The van der Waals surface area contributed by atoms with E-state index in [0.717, 1.165) is 75.8 Å². The quantitative estimate of drug-likeness (QED) is 0.0360. The molecule has 2 aliphatic rings. The molecule has 2 saturated carbocycles. The van der Waals surface area contributed by atoms with Crippen molar-refractivity contribution in [1.82, 2.24) is 20.6 Å². The SMILES string of the molecule is Cc1c(COc2cc(OCc3cncc(C#N)c3)c(CN[C@H](C(N)=O)C3CC3)cc2Cl)cccc1-c1cccc(COc2cc(OCc3cncc(C=N)c3)c(CN[C@H](C(N)=O)C3CC3)cc2Cl)c1C. The average molecular weight is 982 g/mol. The third-order valence-electron chi connectivity index (χ3n) is 12.7. The molecule has 0 unspecified atom stereocenters. The number of nitrogens with two attached hydrogens (primary N) is 2. The first kappa shape index (κ1) is 49.4. The maximum absolute atomic E-state index is 12.2. The molecule has 6 aromatic rings. The summed E-state index contributed by atoms with van der Waals surface area (Å²) in [4.78, 5) is 32.9. The molecular formula is C54H54Cl2N8O6. The van der Waals surface area contributed by atoms with Gasteiger partial charge >= 0.3 is 0 Å². The number of aromatic nitrogens is 2. The van der Waals surface area contributed by atoms with Crippen molar-refractivity contribution >= 4 is 41.2 Å². The highest BCUT2D eigenvalue weighted by Gasteiger charge is 2.36. The minimum Gasteiger partial charge on any atom is -0.488 e. The van der Waals surface area contributed by atoms with Crippen LogP contribution in [0, 0.1) is 42.4 Å². The van der Waals surface area contributed by atoms with E-state index in [0.29, 0.717) is 56.3 Å². The van der Waals surface area contributed by atoms with Gasteiger partial charge in [-0.3, -0.25) is 19.6 Å². The molecule has 4 aromatic carbocycles. The molecule has 360 valence electrons. The summed E-state index contributed by atoms with van der Waals surface area (Å²) in [5.41, 5.74) is 21.5. The van der Waals surface area contributed by atoms with Gasteiger partial charge in [-0.1, -0.05) is 59.6 Å². The molecule has 2 amide bonds. The molecule has 2 aromatic heterocycles. The van der Waals surface area contributed by atoms with Crippen molar-refractivity contribution in [2.75, 3.05) is 0 Å². The van der Waals surface area contributed by atoms with Gasteiger partial charge in [0, 0.05) is 84.0 Å². The number of carbonyl (C=O) groups is 2. The highest BCUT2D eigenvalue weighted by molar-refractivity contribution is 6.32. The number of nitrogens with one attached hydrogen (secondary N) is 3. The van der Waals surface area contributed by atoms with E-state index >= 15 is 0 Å². The van der Waals surface area contributed by atoms with Crippen LogP contribution in [-0.4, -0.2) is 40.1 Å². The van der Waals surface area contributed by atoms with Crippen molar-refractivity contribution in [1.29, 1.82) is 10.7 Å². The van der Waals surface area contributed by atoms with Gasteiger partial charge in [-0.15, -0.1) is 0 Å². The zero-order valence-electron chi connectivity index (χ0n) is 38.9. The number of hydrogen-bond acceptors (Lipinski definition) is 12. The number of ether oxygens (including phenoxy) is 4. The minimum absolute atomic E-state index is 0.136. The van der Waals surface area contributed by atoms with Crippen LogP contribution in [0.3, 0.4) is 0 Å². The number of amides is 2. The van der Waals surface area contributed by atoms with E-state index in [4.69, 9.17) is 59.0 Å². The lowest BCUT2D eigenvalue weighted by Crippen LogP contribution is -2.42. The predicted octanol–water partition coefficient (Wildman–Crippen LogP) is 8.96. The van der Waals surface area contributed by atoms with Gasteiger partial charge in [-0.05, 0) is 109 Å². The summed E-state index contributed by atoms with van der Waals surface area (Å²) >= 11 is 13.8. The first-order chi connectivity index (χ1) is 33.9. The van der Waals surface area contributed by atoms with E-state index in [1.54, 1.807) is 48.9 Å². The Kier molecular flexibility index (Phi) is 16.0. The molecule has 8 rings (SSSR count). The van der Waals surface area contributed by atoms with Crippen LogP contribution in [0.4, 0.5) is 0 Å². The van der Waals surface area contributed by atoms with Gasteiger partial charge in [0.15, 0.2) is 0 Å². The van der Waals surface area contributed by atoms with Gasteiger partial charge in [0.1, 0.15) is 55.5 Å². The molecule has 2 aliphatic carbocycles. The largest absolute Gasteiger partial charge is 0.488 e. The molecule has 0 spiro atoms. The Morgan fingerprint density at radius 3 is 1.57 bits per heavy atom. The van der Waals surface area contributed by atoms with Crippen LogP contribution < -0.4 is 41.0 Å². The number of benzene rings is 4. The van der Waals surface area contributed by atoms with Gasteiger partial charge in [0.2, 0.25) is 11.8 Å². The molecule has 16 heteroatoms. The zero-order chi connectivity index (χ0) is 49.3. The summed E-state index contributed by atoms with van der Waals surface area (Å²) in [6, 6.07) is 24.0. The fraction of sp³-hybridized carbons (Fsp3) is 0.296. The number of halogens is 2. The molecule has 0 saturated heterocycles. The highest BCUT2D eigenvalue weighted by atomic mass is 35.5. The average Bonchev–Trinajstić information content (AvgIpc) is 4.31. The number of nitrogens with zero attached hydrogens (tertiary/aromatic N) is 3. The van der Waals surface area contributed by atoms with E-state index in [9.17, 15) is 14.9 Å². The summed E-state index contributed by atoms with van der Waals surface area (Å²) in [7, 11) is 0. The molecule has 0 bridgehead atoms. The lowest BCUT2D eigenvalue weighted by Gasteiger charge is -2.20. The van der Waals surface area contributed by atoms with Crippen molar-refractivity contribution in [3.8, 4) is 40.2 Å². The maximum Gasteiger partial charge on any atom is 0.234 e. The lowest BCUT2D eigenvalue weighted by atomic mass is 9.92. The number of rotatable bonds is 24. The smallest absolute Gasteiger partial charge is 0.234 e. The molecule has 0 aliphatic heterocycles. The molecular weight excluding hydrogens is 928 g/mol. The molecule has 0 radical (unpaired) electrons. The summed E-state index contributed by atoms with van der Waals surface area (Å²) in [5.74, 6) is 1.48. The van der Waals surface area contributed by atoms with Gasteiger partial charge in [0.25, 0.3) is 0 Å². The molecule has 7 N–H and O–H groups in total. The van der Waals surface area contributed by atoms with E-state index in [1.165, 1.54) is 12.4 Å². The number of pyridine rings is 2. The normalized spacial score (nSPS) is 14.0. The Hall–Kier alpha value is -7.02. The second kappa shape index (κ2) is 22.6. The van der Waals surface area contributed by atoms with Crippen molar-refractivity contribution < 1.29 is 28.5 Å². The second-order valence-electron chi connectivity index (χ2n) is 17.8. The Morgan fingerprint density at radius 2 is 1.13 bits per heavy atom. The van der Waals surface area contributed by atoms with E-state index in [2.05, 4.69) is 52.7 Å². The van der Waals surface area contributed by atoms with Crippen LogP contribution >= 0.6 is 23.2 Å². The number of carbonyl (C=O) groups excluding carboxylic acids is 2. The van der Waals surface area contributed by atoms with Crippen LogP contribution in [0.25, 0.3) is 11.1 Å². The maximum atomic E-state index is 12.2. The summed E-state index contributed by atoms with van der Waals surface area (Å²) in [6.45, 7) is 5.45. The van der Waals surface area contributed by atoms with Crippen molar-refractivity contribution in [3.63, 3.8) is 0 Å². The van der Waals surface area contributed by atoms with Crippen molar-refractivity contribution in [2.24, 2.45) is 23.3 Å². The summed E-state index contributed by atoms with van der Waals surface area (Å²) in [5, 5.41) is 24.4. The van der Waals surface area contributed by atoms with Crippen molar-refractivity contribution in [2.45, 2.75) is 91.1 Å².